The normalized spacial score (nSPS) is 23.9. The van der Waals surface area contributed by atoms with Gasteiger partial charge in [0, 0.05) is 30.8 Å². The summed E-state index contributed by atoms with van der Waals surface area (Å²) in [6.07, 6.45) is 1.27. The molecule has 2 rings (SSSR count). The molecule has 1 aliphatic heterocycles. The van der Waals surface area contributed by atoms with E-state index in [-0.39, 0.29) is 5.54 Å². The molecule has 0 spiro atoms. The highest BCUT2D eigenvalue weighted by molar-refractivity contribution is 6.30. The molecule has 2 N–H and O–H groups in total. The van der Waals surface area contributed by atoms with Crippen LogP contribution in [0.4, 0.5) is 0 Å². The second kappa shape index (κ2) is 7.38. The first-order valence-corrected chi connectivity index (χ1v) is 7.26. The van der Waals surface area contributed by atoms with E-state index in [1.807, 2.05) is 18.2 Å². The number of nitrogens with one attached hydrogen (secondary N) is 1. The molecule has 1 saturated heterocycles. The maximum Gasteiger partial charge on any atom is 0.0897 e. The lowest BCUT2D eigenvalue weighted by atomic mass is 9.90. The van der Waals surface area contributed by atoms with Crippen LogP contribution in [-0.4, -0.2) is 50.2 Å². The number of β-amino-alcohol motifs (C(OH)–C–C–N with tert-alkyl or cyclic N) is 1. The Kier molecular flexibility index (Phi) is 5.81. The SMILES string of the molecule is COCC(O)CNC1(Cc2cccc(Cl)c2)CCOC1. The van der Waals surface area contributed by atoms with Crippen LogP contribution in [0.5, 0.6) is 0 Å². The molecule has 0 aromatic heterocycles. The first-order valence-electron chi connectivity index (χ1n) is 6.88. The maximum atomic E-state index is 9.78. The first-order chi connectivity index (χ1) is 9.63. The lowest BCUT2D eigenvalue weighted by Gasteiger charge is -2.30. The summed E-state index contributed by atoms with van der Waals surface area (Å²) in [5.41, 5.74) is 1.05. The number of hydrogen-bond donors (Lipinski definition) is 2. The molecule has 2 atom stereocenters. The third-order valence-electron chi connectivity index (χ3n) is 3.61. The van der Waals surface area contributed by atoms with Gasteiger partial charge in [-0.25, -0.2) is 0 Å². The van der Waals surface area contributed by atoms with Gasteiger partial charge in [0.05, 0.1) is 19.3 Å². The van der Waals surface area contributed by atoms with E-state index in [0.29, 0.717) is 19.8 Å². The average molecular weight is 300 g/mol. The van der Waals surface area contributed by atoms with Crippen molar-refractivity contribution in [1.82, 2.24) is 5.32 Å². The van der Waals surface area contributed by atoms with Gasteiger partial charge < -0.3 is 19.9 Å². The van der Waals surface area contributed by atoms with Crippen molar-refractivity contribution in [2.75, 3.05) is 33.5 Å². The van der Waals surface area contributed by atoms with Crippen molar-refractivity contribution >= 4 is 11.6 Å². The molecule has 1 aromatic rings. The number of rotatable bonds is 7. The van der Waals surface area contributed by atoms with E-state index < -0.39 is 6.10 Å². The second-order valence-electron chi connectivity index (χ2n) is 5.38. The third-order valence-corrected chi connectivity index (χ3v) is 3.84. The first kappa shape index (κ1) is 15.7. The van der Waals surface area contributed by atoms with Crippen molar-refractivity contribution in [3.8, 4) is 0 Å². The molecule has 1 aromatic carbocycles. The van der Waals surface area contributed by atoms with Crippen LogP contribution < -0.4 is 5.32 Å². The summed E-state index contributed by atoms with van der Waals surface area (Å²) in [5, 5.41) is 14.0. The smallest absolute Gasteiger partial charge is 0.0897 e. The Morgan fingerprint density at radius 1 is 1.55 bits per heavy atom. The van der Waals surface area contributed by atoms with Crippen molar-refractivity contribution in [1.29, 1.82) is 0 Å². The number of benzene rings is 1. The molecule has 5 heteroatoms. The van der Waals surface area contributed by atoms with Gasteiger partial charge in [-0.3, -0.25) is 0 Å². The number of halogens is 1. The average Bonchev–Trinajstić information content (AvgIpc) is 2.86. The molecular formula is C15H22ClNO3. The van der Waals surface area contributed by atoms with Crippen molar-refractivity contribution in [2.45, 2.75) is 24.5 Å². The van der Waals surface area contributed by atoms with E-state index in [9.17, 15) is 5.11 Å². The molecule has 0 bridgehead atoms. The van der Waals surface area contributed by atoms with Gasteiger partial charge >= 0.3 is 0 Å². The molecule has 2 unspecified atom stereocenters. The van der Waals surface area contributed by atoms with Crippen LogP contribution in [0.2, 0.25) is 5.02 Å². The van der Waals surface area contributed by atoms with E-state index in [0.717, 1.165) is 24.5 Å². The molecule has 0 aliphatic carbocycles. The quantitative estimate of drug-likeness (QED) is 0.804. The van der Waals surface area contributed by atoms with Gasteiger partial charge in [0.15, 0.2) is 0 Å². The van der Waals surface area contributed by atoms with Crippen LogP contribution in [-0.2, 0) is 15.9 Å². The molecule has 0 radical (unpaired) electrons. The minimum atomic E-state index is -0.503. The van der Waals surface area contributed by atoms with Gasteiger partial charge in [0.1, 0.15) is 0 Å². The molecule has 0 amide bonds. The summed E-state index contributed by atoms with van der Waals surface area (Å²) < 4.78 is 10.5. The summed E-state index contributed by atoms with van der Waals surface area (Å²) in [5.74, 6) is 0. The van der Waals surface area contributed by atoms with Crippen LogP contribution in [0.15, 0.2) is 24.3 Å². The number of methoxy groups -OCH3 is 1. The highest BCUT2D eigenvalue weighted by Gasteiger charge is 2.35. The van der Waals surface area contributed by atoms with Crippen molar-refractivity contribution in [2.24, 2.45) is 0 Å². The van der Waals surface area contributed by atoms with Gasteiger partial charge in [-0.1, -0.05) is 23.7 Å². The fourth-order valence-corrected chi connectivity index (χ4v) is 2.78. The van der Waals surface area contributed by atoms with Gasteiger partial charge in [-0.05, 0) is 30.5 Å². The molecule has 1 heterocycles. The minimum absolute atomic E-state index is 0.126. The van der Waals surface area contributed by atoms with Crippen molar-refractivity contribution in [3.05, 3.63) is 34.9 Å². The van der Waals surface area contributed by atoms with E-state index in [1.54, 1.807) is 7.11 Å². The zero-order chi connectivity index (χ0) is 14.4. The van der Waals surface area contributed by atoms with Crippen LogP contribution in [0.25, 0.3) is 0 Å². The van der Waals surface area contributed by atoms with Gasteiger partial charge in [-0.2, -0.15) is 0 Å². The van der Waals surface area contributed by atoms with E-state index in [1.165, 1.54) is 5.56 Å². The van der Waals surface area contributed by atoms with E-state index in [4.69, 9.17) is 21.1 Å². The van der Waals surface area contributed by atoms with Crippen molar-refractivity contribution < 1.29 is 14.6 Å². The molecule has 20 heavy (non-hydrogen) atoms. The number of aliphatic hydroxyl groups is 1. The molecular weight excluding hydrogens is 278 g/mol. The fraction of sp³-hybridized carbons (Fsp3) is 0.600. The number of aliphatic hydroxyl groups excluding tert-OH is 1. The number of hydrogen-bond acceptors (Lipinski definition) is 4. The Balaban J connectivity index is 1.98. The van der Waals surface area contributed by atoms with Gasteiger partial charge in [0.25, 0.3) is 0 Å². The predicted molar refractivity (Wildman–Crippen MR) is 79.2 cm³/mol. The Morgan fingerprint density at radius 3 is 3.05 bits per heavy atom. The van der Waals surface area contributed by atoms with Gasteiger partial charge in [-0.15, -0.1) is 0 Å². The Labute approximate surface area is 125 Å². The van der Waals surface area contributed by atoms with Crippen LogP contribution in [0, 0.1) is 0 Å². The monoisotopic (exact) mass is 299 g/mol. The Bertz CT molecular complexity index is 421. The number of ether oxygens (including phenoxy) is 2. The molecule has 1 fully saturated rings. The van der Waals surface area contributed by atoms with Crippen LogP contribution >= 0.6 is 11.6 Å². The topological polar surface area (TPSA) is 50.7 Å². The molecule has 112 valence electrons. The van der Waals surface area contributed by atoms with E-state index in [2.05, 4.69) is 11.4 Å². The minimum Gasteiger partial charge on any atom is -0.389 e. The lowest BCUT2D eigenvalue weighted by molar-refractivity contribution is 0.0567. The standard InChI is InChI=1S/C15H22ClNO3/c1-19-10-14(18)9-17-15(5-6-20-11-15)8-12-3-2-4-13(16)7-12/h2-4,7,14,17-18H,5-6,8-11H2,1H3. The lowest BCUT2D eigenvalue weighted by Crippen LogP contribution is -2.51. The van der Waals surface area contributed by atoms with Crippen molar-refractivity contribution in [3.63, 3.8) is 0 Å². The highest BCUT2D eigenvalue weighted by atomic mass is 35.5. The zero-order valence-electron chi connectivity index (χ0n) is 11.8. The Hall–Kier alpha value is -0.650. The summed E-state index contributed by atoms with van der Waals surface area (Å²) in [4.78, 5) is 0. The highest BCUT2D eigenvalue weighted by Crippen LogP contribution is 2.25. The molecule has 1 aliphatic rings. The predicted octanol–water partition coefficient (Wildman–Crippen LogP) is 1.64. The second-order valence-corrected chi connectivity index (χ2v) is 5.82. The Morgan fingerprint density at radius 2 is 2.40 bits per heavy atom. The molecule has 0 saturated carbocycles. The molecule has 4 nitrogen and oxygen atoms in total. The van der Waals surface area contributed by atoms with E-state index >= 15 is 0 Å². The van der Waals surface area contributed by atoms with Gasteiger partial charge in [0.2, 0.25) is 0 Å². The fourth-order valence-electron chi connectivity index (χ4n) is 2.57. The van der Waals surface area contributed by atoms with Crippen LogP contribution in [0.1, 0.15) is 12.0 Å². The summed E-state index contributed by atoms with van der Waals surface area (Å²) in [7, 11) is 1.59. The third kappa shape index (κ3) is 4.43. The summed E-state index contributed by atoms with van der Waals surface area (Å²) in [6, 6.07) is 7.88. The zero-order valence-corrected chi connectivity index (χ0v) is 12.5. The maximum absolute atomic E-state index is 9.78. The summed E-state index contributed by atoms with van der Waals surface area (Å²) in [6.45, 7) is 2.23. The summed E-state index contributed by atoms with van der Waals surface area (Å²) >= 11 is 6.04. The largest absolute Gasteiger partial charge is 0.389 e. The van der Waals surface area contributed by atoms with Crippen LogP contribution in [0.3, 0.4) is 0 Å².